The summed E-state index contributed by atoms with van der Waals surface area (Å²) < 4.78 is 33.6. The van der Waals surface area contributed by atoms with E-state index in [1.54, 1.807) is 18.2 Å². The van der Waals surface area contributed by atoms with Crippen molar-refractivity contribution in [2.24, 2.45) is 29.4 Å². The standard InChI is InChI=1S/C43H59ClN4O10/c1-24(2)15-28-20-36(31-13-14-35(38(44)39(31)46-28)56-23-37(53-3)54-4)57-30-21-34(40(45)49)48(22-30)41(50)33(47-43(52)58-29-17-26-16-27(26)18-29)12-10-8-6-7-9-11-25-19-32(25)42(51)55-5/h13-15,20,25-27,29-30,32-34,37H,6-12,16-19,21-23H2,1-5H3,(H2,45,49)(H,47,52)/t25-,26+,27?,29?,30?,32+,33+,34+/m1/s1. The number of likely N-dealkylation sites (tertiary alicyclic amines) is 1. The van der Waals surface area contributed by atoms with Crippen molar-refractivity contribution in [1.82, 2.24) is 15.2 Å². The Kier molecular flexibility index (Phi) is 14.8. The van der Waals surface area contributed by atoms with Gasteiger partial charge < -0.3 is 44.4 Å². The van der Waals surface area contributed by atoms with Crippen molar-refractivity contribution in [1.29, 1.82) is 0 Å². The van der Waals surface area contributed by atoms with Gasteiger partial charge in [0, 0.05) is 32.1 Å². The number of fused-ring (bicyclic) bond motifs is 2. The molecule has 0 spiro atoms. The molecule has 3 N–H and O–H groups in total. The lowest BCUT2D eigenvalue weighted by Crippen LogP contribution is -2.53. The number of unbranched alkanes of at least 4 members (excludes halogenated alkanes) is 4. The van der Waals surface area contributed by atoms with Crippen molar-refractivity contribution < 1.29 is 47.6 Å². The van der Waals surface area contributed by atoms with Crippen LogP contribution < -0.4 is 20.5 Å². The van der Waals surface area contributed by atoms with E-state index in [-0.39, 0.29) is 42.6 Å². The minimum Gasteiger partial charge on any atom is -0.488 e. The molecule has 3 aliphatic carbocycles. The SMILES string of the molecule is COC(=O)[C@H]1C[C@H]1CCCCCCC[C@H](NC(=O)OC1CC2C[C@H]2C1)C(=O)N1CC(Oc2cc(C=C(C)C)nc3c(Cl)c(OCC(OC)OC)ccc23)C[C@H]1C(N)=O. The Morgan fingerprint density at radius 2 is 1.67 bits per heavy atom. The van der Waals surface area contributed by atoms with Crippen LogP contribution in [0.25, 0.3) is 17.0 Å². The van der Waals surface area contributed by atoms with Gasteiger partial charge in [-0.25, -0.2) is 9.78 Å². The number of primary amides is 1. The van der Waals surface area contributed by atoms with Gasteiger partial charge in [0.15, 0.2) is 6.29 Å². The third-order valence-electron chi connectivity index (χ3n) is 11.9. The van der Waals surface area contributed by atoms with Crippen LogP contribution in [0, 0.1) is 23.7 Å². The van der Waals surface area contributed by atoms with Crippen LogP contribution in [0.3, 0.4) is 0 Å². The maximum absolute atomic E-state index is 14.4. The van der Waals surface area contributed by atoms with Gasteiger partial charge in [-0.3, -0.25) is 14.4 Å². The molecule has 3 saturated carbocycles. The molecule has 58 heavy (non-hydrogen) atoms. The Hall–Kier alpha value is -4.14. The van der Waals surface area contributed by atoms with Crippen LogP contribution in [0.5, 0.6) is 11.5 Å². The van der Waals surface area contributed by atoms with Crippen molar-refractivity contribution in [3.63, 3.8) is 0 Å². The number of nitrogens with zero attached hydrogens (tertiary/aromatic N) is 2. The molecule has 15 heteroatoms. The highest BCUT2D eigenvalue weighted by molar-refractivity contribution is 6.36. The van der Waals surface area contributed by atoms with E-state index >= 15 is 0 Å². The molecule has 0 radical (unpaired) electrons. The second-order valence-electron chi connectivity index (χ2n) is 16.6. The average Bonchev–Trinajstić information content (AvgIpc) is 4.05. The largest absolute Gasteiger partial charge is 0.488 e. The molecule has 1 aromatic carbocycles. The average molecular weight is 827 g/mol. The number of nitrogens with two attached hydrogens (primary N) is 1. The number of amides is 3. The number of benzene rings is 1. The van der Waals surface area contributed by atoms with Crippen molar-refractivity contribution in [3.05, 3.63) is 34.5 Å². The van der Waals surface area contributed by atoms with E-state index in [1.807, 2.05) is 19.9 Å². The van der Waals surface area contributed by atoms with E-state index in [2.05, 4.69) is 5.32 Å². The van der Waals surface area contributed by atoms with Crippen LogP contribution in [0.2, 0.25) is 5.02 Å². The minimum absolute atomic E-state index is 0.0460. The molecule has 4 aliphatic rings. The monoisotopic (exact) mass is 826 g/mol. The number of aromatic nitrogens is 1. The highest BCUT2D eigenvalue weighted by Crippen LogP contribution is 2.52. The van der Waals surface area contributed by atoms with E-state index in [4.69, 9.17) is 50.7 Å². The fourth-order valence-corrected chi connectivity index (χ4v) is 8.87. The third kappa shape index (κ3) is 11.1. The summed E-state index contributed by atoms with van der Waals surface area (Å²) in [5.41, 5.74) is 7.98. The van der Waals surface area contributed by atoms with E-state index in [9.17, 15) is 19.2 Å². The van der Waals surface area contributed by atoms with Crippen LogP contribution in [0.4, 0.5) is 4.79 Å². The maximum atomic E-state index is 14.4. The molecule has 318 valence electrons. The molecule has 1 aliphatic heterocycles. The van der Waals surface area contributed by atoms with Gasteiger partial charge in [0.25, 0.3) is 0 Å². The van der Waals surface area contributed by atoms with Crippen molar-refractivity contribution >= 4 is 52.5 Å². The van der Waals surface area contributed by atoms with E-state index in [0.29, 0.717) is 58.7 Å². The number of nitrogens with one attached hydrogen (secondary N) is 1. The molecular formula is C43H59ClN4O10. The van der Waals surface area contributed by atoms with Gasteiger partial charge >= 0.3 is 12.1 Å². The van der Waals surface area contributed by atoms with Gasteiger partial charge in [-0.15, -0.1) is 0 Å². The lowest BCUT2D eigenvalue weighted by Gasteiger charge is -2.28. The molecule has 2 aromatic rings. The van der Waals surface area contributed by atoms with Gasteiger partial charge in [-0.05, 0) is 88.3 Å². The summed E-state index contributed by atoms with van der Waals surface area (Å²) >= 11 is 6.87. The number of pyridine rings is 1. The van der Waals surface area contributed by atoms with Crippen molar-refractivity contribution in [2.75, 3.05) is 34.5 Å². The molecule has 1 aromatic heterocycles. The molecule has 3 amide bonds. The summed E-state index contributed by atoms with van der Waals surface area (Å²) in [7, 11) is 4.47. The number of hydrogen-bond donors (Lipinski definition) is 2. The summed E-state index contributed by atoms with van der Waals surface area (Å²) in [4.78, 5) is 58.4. The van der Waals surface area contributed by atoms with Gasteiger partial charge in [-0.1, -0.05) is 49.3 Å². The summed E-state index contributed by atoms with van der Waals surface area (Å²) in [5, 5.41) is 3.76. The zero-order chi connectivity index (χ0) is 41.5. The van der Waals surface area contributed by atoms with Crippen LogP contribution in [-0.4, -0.2) is 98.8 Å². The Morgan fingerprint density at radius 1 is 0.948 bits per heavy atom. The zero-order valence-electron chi connectivity index (χ0n) is 34.3. The van der Waals surface area contributed by atoms with Crippen LogP contribution in [0.15, 0.2) is 23.8 Å². The first kappa shape index (κ1) is 43.4. The fraction of sp³-hybridized carbons (Fsp3) is 0.651. The van der Waals surface area contributed by atoms with Gasteiger partial charge in [0.2, 0.25) is 11.8 Å². The lowest BCUT2D eigenvalue weighted by atomic mass is 10.0. The lowest BCUT2D eigenvalue weighted by molar-refractivity contribution is -0.142. The molecule has 8 atom stereocenters. The second-order valence-corrected chi connectivity index (χ2v) is 16.9. The predicted molar refractivity (Wildman–Crippen MR) is 217 cm³/mol. The summed E-state index contributed by atoms with van der Waals surface area (Å²) in [6, 6.07) is 3.47. The number of methoxy groups -OCH3 is 3. The molecule has 6 rings (SSSR count). The molecule has 0 bridgehead atoms. The van der Waals surface area contributed by atoms with Crippen molar-refractivity contribution in [3.8, 4) is 11.5 Å². The number of rotatable bonds is 21. The Labute approximate surface area is 345 Å². The summed E-state index contributed by atoms with van der Waals surface area (Å²) in [5.74, 6) is 1.41. The third-order valence-corrected chi connectivity index (χ3v) is 12.3. The smallest absolute Gasteiger partial charge is 0.408 e. The zero-order valence-corrected chi connectivity index (χ0v) is 35.1. The number of hydrogen-bond acceptors (Lipinski definition) is 11. The molecule has 1 saturated heterocycles. The number of alkyl carbamates (subject to hydrolysis) is 1. The first-order valence-corrected chi connectivity index (χ1v) is 21.0. The number of ether oxygens (including phenoxy) is 6. The number of carbonyl (C=O) groups is 4. The molecule has 2 heterocycles. The maximum Gasteiger partial charge on any atom is 0.408 e. The normalized spacial score (nSPS) is 24.9. The minimum atomic E-state index is -0.945. The number of halogens is 1. The Balaban J connectivity index is 1.13. The second kappa shape index (κ2) is 19.7. The van der Waals surface area contributed by atoms with Gasteiger partial charge in [0.1, 0.15) is 47.4 Å². The predicted octanol–water partition coefficient (Wildman–Crippen LogP) is 6.58. The first-order chi connectivity index (χ1) is 27.9. The summed E-state index contributed by atoms with van der Waals surface area (Å²) in [6.07, 6.45) is 9.83. The van der Waals surface area contributed by atoms with Crippen molar-refractivity contribution in [2.45, 2.75) is 121 Å². The van der Waals surface area contributed by atoms with Gasteiger partial charge in [-0.2, -0.15) is 0 Å². The fourth-order valence-electron chi connectivity index (χ4n) is 8.60. The summed E-state index contributed by atoms with van der Waals surface area (Å²) in [6.45, 7) is 4.08. The topological polar surface area (TPSA) is 178 Å². The molecule has 14 nitrogen and oxygen atoms in total. The van der Waals surface area contributed by atoms with Crippen LogP contribution in [0.1, 0.15) is 96.6 Å². The molecule has 3 unspecified atom stereocenters. The highest BCUT2D eigenvalue weighted by Gasteiger charge is 2.48. The number of esters is 1. The molecule has 4 fully saturated rings. The van der Waals surface area contributed by atoms with E-state index in [0.717, 1.165) is 56.9 Å². The molecular weight excluding hydrogens is 768 g/mol. The Morgan fingerprint density at radius 3 is 2.36 bits per heavy atom. The van der Waals surface area contributed by atoms with E-state index < -0.39 is 42.4 Å². The quantitative estimate of drug-likeness (QED) is 0.0790. The number of allylic oxidation sites excluding steroid dienone is 1. The first-order valence-electron chi connectivity index (χ1n) is 20.7. The van der Waals surface area contributed by atoms with Crippen LogP contribution >= 0.6 is 11.6 Å². The highest BCUT2D eigenvalue weighted by atomic mass is 35.5. The Bertz CT molecular complexity index is 1820. The van der Waals surface area contributed by atoms with Gasteiger partial charge in [0.05, 0.1) is 30.8 Å². The number of carbonyl (C=O) groups excluding carboxylic acids is 4. The van der Waals surface area contributed by atoms with Crippen LogP contribution in [-0.2, 0) is 33.3 Å². The van der Waals surface area contributed by atoms with E-state index in [1.165, 1.54) is 32.7 Å².